The zero-order chi connectivity index (χ0) is 10.7. The first kappa shape index (κ1) is 10.6. The smallest absolute Gasteiger partial charge is 0.359 e. The van der Waals surface area contributed by atoms with Crippen molar-refractivity contribution in [2.75, 3.05) is 6.67 Å². The highest BCUT2D eigenvalue weighted by Gasteiger charge is 2.21. The lowest BCUT2D eigenvalue weighted by Gasteiger charge is -1.99. The third kappa shape index (κ3) is 2.04. The highest BCUT2D eigenvalue weighted by molar-refractivity contribution is 5.85. The normalized spacial score (nSPS) is 12.8. The van der Waals surface area contributed by atoms with E-state index in [1.807, 2.05) is 5.10 Å². The molecule has 0 saturated heterocycles. The van der Waals surface area contributed by atoms with Crippen molar-refractivity contribution in [2.24, 2.45) is 0 Å². The zero-order valence-electron chi connectivity index (χ0n) is 6.93. The second-order valence-corrected chi connectivity index (χ2v) is 2.63. The van der Waals surface area contributed by atoms with Crippen molar-refractivity contribution >= 4 is 5.97 Å². The maximum absolute atomic E-state index is 13.0. The molecule has 78 valence electrons. The number of hydrogen-bond donors (Lipinski definition) is 2. The standard InChI is InChI=1S/C7H7F3N2O2/c8-2-3(9)1-4-5(10)6(7(13)14)12-11-4/h3H,1-2H2,(H,11,12)(H,13,14). The first-order chi connectivity index (χ1) is 6.56. The molecule has 4 nitrogen and oxygen atoms in total. The summed E-state index contributed by atoms with van der Waals surface area (Å²) >= 11 is 0. The van der Waals surface area contributed by atoms with Crippen LogP contribution >= 0.6 is 0 Å². The van der Waals surface area contributed by atoms with Gasteiger partial charge in [0.25, 0.3) is 0 Å². The van der Waals surface area contributed by atoms with E-state index >= 15 is 0 Å². The number of carboxylic acids is 1. The minimum Gasteiger partial charge on any atom is -0.476 e. The molecule has 1 aromatic rings. The van der Waals surface area contributed by atoms with Gasteiger partial charge in [-0.05, 0) is 0 Å². The Morgan fingerprint density at radius 2 is 2.29 bits per heavy atom. The lowest BCUT2D eigenvalue weighted by Crippen LogP contribution is -2.08. The summed E-state index contributed by atoms with van der Waals surface area (Å²) in [6.07, 6.45) is -2.41. The van der Waals surface area contributed by atoms with Gasteiger partial charge >= 0.3 is 5.97 Å². The van der Waals surface area contributed by atoms with Crippen molar-refractivity contribution in [3.05, 3.63) is 17.2 Å². The molecule has 1 atom stereocenters. The van der Waals surface area contributed by atoms with Crippen LogP contribution in [0.25, 0.3) is 0 Å². The van der Waals surface area contributed by atoms with E-state index < -0.39 is 36.7 Å². The number of H-pyrrole nitrogens is 1. The number of carbonyl (C=O) groups is 1. The van der Waals surface area contributed by atoms with Gasteiger partial charge in [-0.25, -0.2) is 18.0 Å². The molecular weight excluding hydrogens is 201 g/mol. The van der Waals surface area contributed by atoms with E-state index in [2.05, 4.69) is 5.10 Å². The zero-order valence-corrected chi connectivity index (χ0v) is 6.93. The van der Waals surface area contributed by atoms with Gasteiger partial charge in [0.05, 0.1) is 5.69 Å². The fourth-order valence-corrected chi connectivity index (χ4v) is 0.917. The minimum atomic E-state index is -1.86. The molecule has 0 radical (unpaired) electrons. The predicted octanol–water partition coefficient (Wildman–Crippen LogP) is 1.10. The molecule has 0 aromatic carbocycles. The number of halogens is 3. The van der Waals surface area contributed by atoms with E-state index in [9.17, 15) is 18.0 Å². The Morgan fingerprint density at radius 1 is 1.64 bits per heavy atom. The lowest BCUT2D eigenvalue weighted by atomic mass is 10.2. The van der Waals surface area contributed by atoms with Gasteiger partial charge in [-0.2, -0.15) is 5.10 Å². The second-order valence-electron chi connectivity index (χ2n) is 2.63. The van der Waals surface area contributed by atoms with E-state index in [0.29, 0.717) is 0 Å². The van der Waals surface area contributed by atoms with Gasteiger partial charge in [0, 0.05) is 6.42 Å². The number of aromatic carboxylic acids is 1. The van der Waals surface area contributed by atoms with Crippen LogP contribution in [0.4, 0.5) is 13.2 Å². The van der Waals surface area contributed by atoms with Crippen molar-refractivity contribution in [3.8, 4) is 0 Å². The largest absolute Gasteiger partial charge is 0.476 e. The quantitative estimate of drug-likeness (QED) is 0.778. The maximum Gasteiger partial charge on any atom is 0.359 e. The first-order valence-corrected chi connectivity index (χ1v) is 3.72. The third-order valence-corrected chi connectivity index (χ3v) is 1.57. The van der Waals surface area contributed by atoms with Crippen LogP contribution in [0.3, 0.4) is 0 Å². The molecule has 0 aliphatic heterocycles. The number of rotatable bonds is 4. The average Bonchev–Trinajstić information content (AvgIpc) is 2.48. The summed E-state index contributed by atoms with van der Waals surface area (Å²) in [6.45, 7) is -1.25. The van der Waals surface area contributed by atoms with Crippen molar-refractivity contribution < 1.29 is 23.1 Å². The summed E-state index contributed by atoms with van der Waals surface area (Å²) in [5.41, 5.74) is -1.15. The number of aromatic nitrogens is 2. The molecule has 2 N–H and O–H groups in total. The topological polar surface area (TPSA) is 66.0 Å². The Kier molecular flexibility index (Phi) is 3.10. The Balaban J connectivity index is 2.84. The van der Waals surface area contributed by atoms with E-state index in [0.717, 1.165) is 0 Å². The van der Waals surface area contributed by atoms with Gasteiger partial charge in [-0.3, -0.25) is 5.10 Å². The molecule has 14 heavy (non-hydrogen) atoms. The Morgan fingerprint density at radius 3 is 2.71 bits per heavy atom. The molecular formula is C7H7F3N2O2. The fraction of sp³-hybridized carbons (Fsp3) is 0.429. The number of aromatic amines is 1. The molecule has 0 saturated carbocycles. The number of carboxylic acid groups (broad SMARTS) is 1. The van der Waals surface area contributed by atoms with Crippen LogP contribution < -0.4 is 0 Å². The molecule has 0 bridgehead atoms. The van der Waals surface area contributed by atoms with Gasteiger partial charge in [0.1, 0.15) is 12.8 Å². The Hall–Kier alpha value is -1.53. The van der Waals surface area contributed by atoms with Gasteiger partial charge < -0.3 is 5.11 Å². The second kappa shape index (κ2) is 4.12. The van der Waals surface area contributed by atoms with Crippen LogP contribution in [-0.2, 0) is 6.42 Å². The van der Waals surface area contributed by atoms with Crippen LogP contribution in [0.2, 0.25) is 0 Å². The molecule has 7 heteroatoms. The first-order valence-electron chi connectivity index (χ1n) is 3.72. The van der Waals surface area contributed by atoms with Crippen LogP contribution in [-0.4, -0.2) is 34.1 Å². The molecule has 1 heterocycles. The van der Waals surface area contributed by atoms with Crippen LogP contribution in [0.5, 0.6) is 0 Å². The number of nitrogens with zero attached hydrogens (tertiary/aromatic N) is 1. The van der Waals surface area contributed by atoms with E-state index in [1.165, 1.54) is 0 Å². The molecule has 0 fully saturated rings. The highest BCUT2D eigenvalue weighted by Crippen LogP contribution is 2.12. The van der Waals surface area contributed by atoms with Crippen LogP contribution in [0.15, 0.2) is 0 Å². The third-order valence-electron chi connectivity index (χ3n) is 1.57. The summed E-state index contributed by atoms with van der Waals surface area (Å²) in [4.78, 5) is 10.3. The molecule has 0 spiro atoms. The summed E-state index contributed by atoms with van der Waals surface area (Å²) in [7, 11) is 0. The highest BCUT2D eigenvalue weighted by atomic mass is 19.2. The SMILES string of the molecule is O=C(O)c1n[nH]c(CC(F)CF)c1F. The monoisotopic (exact) mass is 208 g/mol. The van der Waals surface area contributed by atoms with Crippen LogP contribution in [0.1, 0.15) is 16.2 Å². The van der Waals surface area contributed by atoms with Gasteiger partial charge in [-0.15, -0.1) is 0 Å². The van der Waals surface area contributed by atoms with Crippen molar-refractivity contribution in [3.63, 3.8) is 0 Å². The summed E-state index contributed by atoms with van der Waals surface area (Å²) in [6, 6.07) is 0. The molecule has 1 rings (SSSR count). The molecule has 0 amide bonds. The van der Waals surface area contributed by atoms with Crippen LogP contribution in [0, 0.1) is 5.82 Å². The summed E-state index contributed by atoms with van der Waals surface area (Å²) in [5, 5.41) is 13.5. The van der Waals surface area contributed by atoms with Crippen molar-refractivity contribution in [1.29, 1.82) is 0 Å². The molecule has 1 unspecified atom stereocenters. The Bertz CT molecular complexity index is 340. The van der Waals surface area contributed by atoms with Gasteiger partial charge in [0.2, 0.25) is 5.69 Å². The van der Waals surface area contributed by atoms with Gasteiger partial charge in [0.15, 0.2) is 5.82 Å². The fourth-order valence-electron chi connectivity index (χ4n) is 0.917. The molecule has 0 aliphatic carbocycles. The summed E-state index contributed by atoms with van der Waals surface area (Å²) < 4.78 is 37.2. The van der Waals surface area contributed by atoms with E-state index in [1.54, 1.807) is 0 Å². The van der Waals surface area contributed by atoms with Crippen molar-refractivity contribution in [2.45, 2.75) is 12.6 Å². The van der Waals surface area contributed by atoms with Gasteiger partial charge in [-0.1, -0.05) is 0 Å². The van der Waals surface area contributed by atoms with E-state index in [-0.39, 0.29) is 5.69 Å². The maximum atomic E-state index is 13.0. The lowest BCUT2D eigenvalue weighted by molar-refractivity contribution is 0.0685. The average molecular weight is 208 g/mol. The number of alkyl halides is 2. The van der Waals surface area contributed by atoms with E-state index in [4.69, 9.17) is 5.11 Å². The van der Waals surface area contributed by atoms with Crippen molar-refractivity contribution in [1.82, 2.24) is 10.2 Å². The number of nitrogens with one attached hydrogen (secondary N) is 1. The summed E-state index contributed by atoms with van der Waals surface area (Å²) in [5.74, 6) is -2.70. The minimum absolute atomic E-state index is 0.340. The molecule has 1 aromatic heterocycles. The molecule has 0 aliphatic rings. The number of hydrogen-bond acceptors (Lipinski definition) is 2. The Labute approximate surface area is 76.7 Å². The predicted molar refractivity (Wildman–Crippen MR) is 40.1 cm³/mol.